The van der Waals surface area contributed by atoms with Gasteiger partial charge in [-0.2, -0.15) is 12.7 Å². The maximum Gasteiger partial charge on any atom is 0.295 e. The fraction of sp³-hybridized carbons (Fsp3) is 0.188. The maximum atomic E-state index is 15.0. The highest BCUT2D eigenvalue weighted by molar-refractivity contribution is 7.89. The summed E-state index contributed by atoms with van der Waals surface area (Å²) in [5.74, 6) is -5.33. The Morgan fingerprint density at radius 1 is 0.704 bits per heavy atom. The number of aromatic hydroxyl groups is 1. The molecule has 0 fully saturated rings. The van der Waals surface area contributed by atoms with Gasteiger partial charge in [-0.3, -0.25) is 38.3 Å². The van der Waals surface area contributed by atoms with Crippen molar-refractivity contribution in [3.05, 3.63) is 135 Å². The highest BCUT2D eigenvalue weighted by Gasteiger charge is 2.40. The van der Waals surface area contributed by atoms with Crippen molar-refractivity contribution in [1.29, 1.82) is 0 Å². The van der Waals surface area contributed by atoms with Crippen LogP contribution in [0.4, 0.5) is 17.1 Å². The fourth-order valence-electron chi connectivity index (χ4n) is 8.44. The van der Waals surface area contributed by atoms with Crippen molar-refractivity contribution in [2.45, 2.75) is 36.7 Å². The number of halogens is 1. The maximum absolute atomic E-state index is 15.0. The van der Waals surface area contributed by atoms with Crippen LogP contribution in [0.3, 0.4) is 0 Å². The molecule has 20 nitrogen and oxygen atoms in total. The Hall–Kier alpha value is -7.76. The number of sulfonamides is 1. The predicted molar refractivity (Wildman–Crippen MR) is 257 cm³/mol. The van der Waals surface area contributed by atoms with Gasteiger partial charge < -0.3 is 24.6 Å². The molecule has 0 aromatic heterocycles. The van der Waals surface area contributed by atoms with Crippen molar-refractivity contribution < 1.29 is 64.7 Å². The summed E-state index contributed by atoms with van der Waals surface area (Å²) in [5.41, 5.74) is -2.34. The molecule has 0 saturated carbocycles. The van der Waals surface area contributed by atoms with Gasteiger partial charge in [0.05, 0.1) is 77.8 Å². The topological polar surface area (TPSA) is 268 Å². The number of phenolic OH excluding ortho intramolecular Hbond substituents is 1. The van der Waals surface area contributed by atoms with Crippen LogP contribution in [-0.4, -0.2) is 105 Å². The predicted octanol–water partition coefficient (Wildman–Crippen LogP) is 7.76. The third-order valence-electron chi connectivity index (χ3n) is 11.9. The lowest BCUT2D eigenvalue weighted by Crippen LogP contribution is -2.31. The zero-order valence-corrected chi connectivity index (χ0v) is 40.6. The summed E-state index contributed by atoms with van der Waals surface area (Å²) < 4.78 is 83.2. The van der Waals surface area contributed by atoms with Crippen molar-refractivity contribution in [2.75, 3.05) is 39.7 Å². The minimum Gasteiger partial charge on any atom is -0.505 e. The van der Waals surface area contributed by atoms with E-state index in [1.807, 2.05) is 0 Å². The van der Waals surface area contributed by atoms with Crippen LogP contribution in [0.1, 0.15) is 76.8 Å². The summed E-state index contributed by atoms with van der Waals surface area (Å²) in [5, 5.41) is 22.6. The number of amides is 5. The number of benzene rings is 6. The Morgan fingerprint density at radius 2 is 1.24 bits per heavy atom. The molecular formula is C48H41ClN6O14S2. The number of phenols is 1. The van der Waals surface area contributed by atoms with E-state index in [4.69, 9.17) is 25.8 Å². The number of hydrogen-bond acceptors (Lipinski definition) is 15. The first kappa shape index (κ1) is 49.7. The van der Waals surface area contributed by atoms with Crippen LogP contribution in [0.15, 0.2) is 111 Å². The van der Waals surface area contributed by atoms with Crippen molar-refractivity contribution in [3.63, 3.8) is 0 Å². The van der Waals surface area contributed by atoms with Gasteiger partial charge in [0.1, 0.15) is 33.5 Å². The van der Waals surface area contributed by atoms with E-state index in [1.54, 1.807) is 26.0 Å². The number of nitrogens with one attached hydrogen (secondary N) is 1. The fourth-order valence-corrected chi connectivity index (χ4v) is 10.9. The molecule has 0 unspecified atom stereocenters. The highest BCUT2D eigenvalue weighted by Crippen LogP contribution is 2.48. The van der Waals surface area contributed by atoms with E-state index in [1.165, 1.54) is 92.4 Å². The second-order valence-electron chi connectivity index (χ2n) is 15.8. The Kier molecular flexibility index (Phi) is 13.4. The van der Waals surface area contributed by atoms with Crippen LogP contribution in [0.2, 0.25) is 5.02 Å². The quantitative estimate of drug-likeness (QED) is 0.0475. The number of rotatable bonds is 16. The average molecular weight is 1030 g/mol. The third-order valence-corrected chi connectivity index (χ3v) is 15.1. The molecule has 2 heterocycles. The summed E-state index contributed by atoms with van der Waals surface area (Å²) in [7, 11) is -5.71. The van der Waals surface area contributed by atoms with Crippen molar-refractivity contribution >= 4 is 89.1 Å². The Labute approximate surface area is 410 Å². The first-order valence-corrected chi connectivity index (χ1v) is 24.6. The van der Waals surface area contributed by atoms with E-state index < -0.39 is 95.6 Å². The normalized spacial score (nSPS) is 13.7. The minimum absolute atomic E-state index is 0.00171. The molecule has 8 rings (SSSR count). The number of ether oxygens (including phenoxy) is 3. The second-order valence-corrected chi connectivity index (χ2v) is 19.5. The molecule has 3 N–H and O–H groups in total. The van der Waals surface area contributed by atoms with E-state index in [0.717, 1.165) is 21.9 Å². The van der Waals surface area contributed by atoms with Gasteiger partial charge in [-0.05, 0) is 77.2 Å². The Balaban J connectivity index is 1.44. The van der Waals surface area contributed by atoms with E-state index in [9.17, 15) is 45.7 Å². The lowest BCUT2D eigenvalue weighted by atomic mass is 9.93. The van der Waals surface area contributed by atoms with Gasteiger partial charge in [0.2, 0.25) is 10.0 Å². The summed E-state index contributed by atoms with van der Waals surface area (Å²) in [6, 6.07) is 20.2. The van der Waals surface area contributed by atoms with E-state index >= 15 is 4.79 Å². The number of carbonyl (C=O) groups is 5. The molecule has 2 aliphatic heterocycles. The van der Waals surface area contributed by atoms with Gasteiger partial charge in [0.25, 0.3) is 39.7 Å². The zero-order valence-electron chi connectivity index (χ0n) is 38.2. The SMILES string of the molecule is CCN(CC)S(=O)(=O)c1ccc(OC)c(N=Nc2c(O)c(C(=O)Nc3cc(Cl)c(OC)cc3OC)c(CN3C(=O)c4ccccc4C3=O)c3cc(CN4C(=O)c5ccccc5C4=O)cc(S(=O)(=O)O)c23)c1. The average Bonchev–Trinajstić information content (AvgIpc) is 3.73. The molecule has 0 spiro atoms. The molecular weight excluding hydrogens is 984 g/mol. The molecule has 366 valence electrons. The summed E-state index contributed by atoms with van der Waals surface area (Å²) in [4.78, 5) is 70.8. The molecule has 0 aliphatic carbocycles. The first-order chi connectivity index (χ1) is 33.8. The van der Waals surface area contributed by atoms with E-state index in [0.29, 0.717) is 0 Å². The number of anilines is 1. The molecule has 23 heteroatoms. The molecule has 2 aliphatic rings. The number of methoxy groups -OCH3 is 3. The van der Waals surface area contributed by atoms with Crippen molar-refractivity contribution in [2.24, 2.45) is 10.2 Å². The number of imide groups is 2. The molecule has 6 aromatic carbocycles. The third kappa shape index (κ3) is 8.80. The first-order valence-electron chi connectivity index (χ1n) is 21.3. The number of hydrogen-bond donors (Lipinski definition) is 3. The highest BCUT2D eigenvalue weighted by atomic mass is 35.5. The minimum atomic E-state index is -5.46. The molecule has 0 atom stereocenters. The molecule has 0 bridgehead atoms. The smallest absolute Gasteiger partial charge is 0.295 e. The summed E-state index contributed by atoms with van der Waals surface area (Å²) in [6.07, 6.45) is 0. The van der Waals surface area contributed by atoms with Crippen LogP contribution < -0.4 is 19.5 Å². The van der Waals surface area contributed by atoms with Crippen molar-refractivity contribution in [3.8, 4) is 23.0 Å². The standard InChI is InChI=1S/C48H41ClN6O14S2/c1-6-53(7-2)70(62,63)26-16-17-36(67-3)35(20-26)51-52-42-40-31(18-25(19-39(40)71(64,65)66)23-54-45(58)27-12-8-9-13-28(27)46(54)59)32(24-55-47(60)29-14-10-11-15-30(29)48(55)61)41(43(42)56)44(57)50-34-21-33(49)37(68-4)22-38(34)69-5/h8-22,56H,6-7,23-24H2,1-5H3,(H,50,57)(H,64,65,66). The second kappa shape index (κ2) is 19.2. The van der Waals surface area contributed by atoms with Gasteiger partial charge in [0.15, 0.2) is 5.75 Å². The summed E-state index contributed by atoms with van der Waals surface area (Å²) in [6.45, 7) is 2.04. The number of azo groups is 1. The number of fused-ring (bicyclic) bond motifs is 3. The number of carbonyl (C=O) groups excluding carboxylic acids is 5. The lowest BCUT2D eigenvalue weighted by molar-refractivity contribution is 0.0626. The number of nitrogens with zero attached hydrogens (tertiary/aromatic N) is 5. The van der Waals surface area contributed by atoms with Gasteiger partial charge in [-0.25, -0.2) is 8.42 Å². The van der Waals surface area contributed by atoms with Crippen molar-refractivity contribution in [1.82, 2.24) is 14.1 Å². The molecule has 5 amide bonds. The van der Waals surface area contributed by atoms with Crippen LogP contribution >= 0.6 is 11.6 Å². The molecule has 71 heavy (non-hydrogen) atoms. The van der Waals surface area contributed by atoms with Crippen LogP contribution in [0, 0.1) is 0 Å². The van der Waals surface area contributed by atoms with Crippen LogP contribution in [-0.2, 0) is 33.2 Å². The largest absolute Gasteiger partial charge is 0.505 e. The van der Waals surface area contributed by atoms with Gasteiger partial charge in [-0.1, -0.05) is 49.7 Å². The van der Waals surface area contributed by atoms with Gasteiger partial charge in [0, 0.05) is 24.5 Å². The molecule has 6 aromatic rings. The van der Waals surface area contributed by atoms with Crippen LogP contribution in [0.25, 0.3) is 10.8 Å². The molecule has 0 radical (unpaired) electrons. The Morgan fingerprint density at radius 3 is 1.75 bits per heavy atom. The van der Waals surface area contributed by atoms with E-state index in [-0.39, 0.29) is 84.8 Å². The molecule has 0 saturated heterocycles. The monoisotopic (exact) mass is 1020 g/mol. The van der Waals surface area contributed by atoms with Gasteiger partial charge >= 0.3 is 0 Å². The van der Waals surface area contributed by atoms with Crippen LogP contribution in [0.5, 0.6) is 23.0 Å². The van der Waals surface area contributed by atoms with Gasteiger partial charge in [-0.15, -0.1) is 10.2 Å². The Bertz CT molecular complexity index is 3480. The lowest BCUT2D eigenvalue weighted by Gasteiger charge is -2.23. The van der Waals surface area contributed by atoms with E-state index in [2.05, 4.69) is 15.5 Å². The summed E-state index contributed by atoms with van der Waals surface area (Å²) >= 11 is 6.46. The zero-order chi connectivity index (χ0) is 51.3.